The molecule has 0 aromatic carbocycles. The van der Waals surface area contributed by atoms with E-state index in [0.29, 0.717) is 22.8 Å². The number of rotatable bonds is 5. The predicted molar refractivity (Wildman–Crippen MR) is 73.1 cm³/mol. The molecule has 0 spiro atoms. The molecule has 4 heteroatoms. The van der Waals surface area contributed by atoms with Gasteiger partial charge in [0.1, 0.15) is 6.07 Å². The number of nitriles is 1. The summed E-state index contributed by atoms with van der Waals surface area (Å²) in [4.78, 5) is 8.09. The van der Waals surface area contributed by atoms with Gasteiger partial charge in [-0.2, -0.15) is 5.26 Å². The highest BCUT2D eigenvalue weighted by atomic mass is 15.0. The van der Waals surface area contributed by atoms with Crippen molar-refractivity contribution in [1.82, 2.24) is 9.97 Å². The van der Waals surface area contributed by atoms with Crippen LogP contribution in [-0.4, -0.2) is 16.5 Å². The average Bonchev–Trinajstić information content (AvgIpc) is 2.27. The second kappa shape index (κ2) is 6.34. The number of nitrogens with zero attached hydrogens (tertiary/aromatic N) is 3. The summed E-state index contributed by atoms with van der Waals surface area (Å²) < 4.78 is 0. The van der Waals surface area contributed by atoms with E-state index in [0.717, 1.165) is 13.0 Å². The third-order valence-electron chi connectivity index (χ3n) is 2.69. The molecule has 0 saturated heterocycles. The largest absolute Gasteiger partial charge is 0.368 e. The van der Waals surface area contributed by atoms with E-state index in [1.165, 1.54) is 12.6 Å². The Bertz CT molecular complexity index is 415. The topological polar surface area (TPSA) is 61.6 Å². The average molecular weight is 246 g/mol. The summed E-state index contributed by atoms with van der Waals surface area (Å²) in [5.41, 5.74) is 0.727. The fourth-order valence-electron chi connectivity index (χ4n) is 2.13. The van der Waals surface area contributed by atoms with E-state index < -0.39 is 0 Å². The Labute approximate surface area is 109 Å². The molecule has 1 heterocycles. The lowest BCUT2D eigenvalue weighted by Crippen LogP contribution is -2.15. The standard InChI is InChI=1S/C14H22N4/c1-11(9-14(2,3)4)5-6-17-13-12(10-15)16-7-8-18-13/h7-8,11H,5-6,9H2,1-4H3,(H,17,18). The lowest BCUT2D eigenvalue weighted by molar-refractivity contribution is 0.300. The van der Waals surface area contributed by atoms with Crippen molar-refractivity contribution in [3.05, 3.63) is 18.1 Å². The SMILES string of the molecule is CC(CCNc1nccnc1C#N)CC(C)(C)C. The van der Waals surface area contributed by atoms with Gasteiger partial charge in [0.05, 0.1) is 0 Å². The second-order valence-corrected chi connectivity index (χ2v) is 5.95. The fourth-order valence-corrected chi connectivity index (χ4v) is 2.13. The molecule has 98 valence electrons. The molecule has 1 rings (SSSR count). The first-order valence-corrected chi connectivity index (χ1v) is 6.37. The van der Waals surface area contributed by atoms with E-state index in [1.807, 2.05) is 6.07 Å². The number of hydrogen-bond acceptors (Lipinski definition) is 4. The molecule has 1 N–H and O–H groups in total. The zero-order chi connectivity index (χ0) is 13.6. The zero-order valence-corrected chi connectivity index (χ0v) is 11.7. The van der Waals surface area contributed by atoms with Crippen LogP contribution in [0.1, 0.15) is 46.2 Å². The molecule has 1 atom stereocenters. The van der Waals surface area contributed by atoms with E-state index in [9.17, 15) is 0 Å². The van der Waals surface area contributed by atoms with Gasteiger partial charge in [-0.1, -0.05) is 27.7 Å². The minimum absolute atomic E-state index is 0.362. The molecule has 0 aliphatic carbocycles. The van der Waals surface area contributed by atoms with Crippen LogP contribution in [0.2, 0.25) is 0 Å². The Morgan fingerprint density at radius 3 is 2.61 bits per heavy atom. The molecular formula is C14H22N4. The molecule has 18 heavy (non-hydrogen) atoms. The number of hydrogen-bond donors (Lipinski definition) is 1. The van der Waals surface area contributed by atoms with Gasteiger partial charge in [0.2, 0.25) is 0 Å². The van der Waals surface area contributed by atoms with Crippen molar-refractivity contribution in [2.45, 2.75) is 40.5 Å². The summed E-state index contributed by atoms with van der Waals surface area (Å²) in [5, 5.41) is 12.1. The van der Waals surface area contributed by atoms with E-state index in [4.69, 9.17) is 5.26 Å². The molecule has 0 amide bonds. The van der Waals surface area contributed by atoms with E-state index in [-0.39, 0.29) is 0 Å². The third-order valence-corrected chi connectivity index (χ3v) is 2.69. The van der Waals surface area contributed by atoms with Crippen LogP contribution in [0.5, 0.6) is 0 Å². The second-order valence-electron chi connectivity index (χ2n) is 5.95. The summed E-state index contributed by atoms with van der Waals surface area (Å²) >= 11 is 0. The molecule has 0 fully saturated rings. The van der Waals surface area contributed by atoms with Crippen molar-refractivity contribution in [3.63, 3.8) is 0 Å². The normalized spacial score (nSPS) is 12.8. The van der Waals surface area contributed by atoms with Gasteiger partial charge in [-0.05, 0) is 24.2 Å². The Morgan fingerprint density at radius 1 is 1.33 bits per heavy atom. The summed E-state index contributed by atoms with van der Waals surface area (Å²) in [7, 11) is 0. The number of nitrogens with one attached hydrogen (secondary N) is 1. The van der Waals surface area contributed by atoms with Crippen LogP contribution in [0.15, 0.2) is 12.4 Å². The molecule has 4 nitrogen and oxygen atoms in total. The van der Waals surface area contributed by atoms with Gasteiger partial charge >= 0.3 is 0 Å². The van der Waals surface area contributed by atoms with Crippen LogP contribution in [0.25, 0.3) is 0 Å². The third kappa shape index (κ3) is 5.13. The Kier molecular flexibility index (Phi) is 5.08. The maximum absolute atomic E-state index is 8.89. The van der Waals surface area contributed by atoms with Crippen molar-refractivity contribution in [2.24, 2.45) is 11.3 Å². The highest BCUT2D eigenvalue weighted by Gasteiger charge is 2.15. The monoisotopic (exact) mass is 246 g/mol. The van der Waals surface area contributed by atoms with Gasteiger partial charge in [0.25, 0.3) is 0 Å². The quantitative estimate of drug-likeness (QED) is 0.866. The zero-order valence-electron chi connectivity index (χ0n) is 11.7. The van der Waals surface area contributed by atoms with Crippen LogP contribution in [-0.2, 0) is 0 Å². The molecule has 1 unspecified atom stereocenters. The van der Waals surface area contributed by atoms with Gasteiger partial charge in [0.15, 0.2) is 11.5 Å². The molecule has 0 radical (unpaired) electrons. The van der Waals surface area contributed by atoms with Gasteiger partial charge in [-0.3, -0.25) is 0 Å². The van der Waals surface area contributed by atoms with Crippen molar-refractivity contribution < 1.29 is 0 Å². The molecule has 0 aliphatic heterocycles. The molecule has 0 bridgehead atoms. The first kappa shape index (κ1) is 14.4. The minimum atomic E-state index is 0.362. The molecule has 0 aliphatic rings. The summed E-state index contributed by atoms with van der Waals surface area (Å²) in [6.45, 7) is 9.85. The van der Waals surface area contributed by atoms with E-state index in [1.54, 1.807) is 6.20 Å². The van der Waals surface area contributed by atoms with E-state index in [2.05, 4.69) is 43.0 Å². The first-order chi connectivity index (χ1) is 8.42. The Balaban J connectivity index is 2.40. The Morgan fingerprint density at radius 2 is 2.00 bits per heavy atom. The molecule has 0 saturated carbocycles. The van der Waals surface area contributed by atoms with Crippen molar-refractivity contribution in [1.29, 1.82) is 5.26 Å². The Hall–Kier alpha value is -1.63. The van der Waals surface area contributed by atoms with Crippen molar-refractivity contribution in [3.8, 4) is 6.07 Å². The van der Waals surface area contributed by atoms with Crippen LogP contribution < -0.4 is 5.32 Å². The minimum Gasteiger partial charge on any atom is -0.368 e. The van der Waals surface area contributed by atoms with Gasteiger partial charge in [-0.25, -0.2) is 9.97 Å². The maximum atomic E-state index is 8.89. The lowest BCUT2D eigenvalue weighted by atomic mass is 9.84. The summed E-state index contributed by atoms with van der Waals surface area (Å²) in [5.74, 6) is 1.24. The predicted octanol–water partition coefficient (Wildman–Crippen LogP) is 3.22. The lowest BCUT2D eigenvalue weighted by Gasteiger charge is -2.23. The highest BCUT2D eigenvalue weighted by molar-refractivity contribution is 5.46. The fraction of sp³-hybridized carbons (Fsp3) is 0.643. The van der Waals surface area contributed by atoms with Crippen LogP contribution in [0.3, 0.4) is 0 Å². The van der Waals surface area contributed by atoms with Gasteiger partial charge in [0, 0.05) is 18.9 Å². The molecule has 1 aromatic rings. The van der Waals surface area contributed by atoms with Crippen molar-refractivity contribution >= 4 is 5.82 Å². The number of aromatic nitrogens is 2. The van der Waals surface area contributed by atoms with Crippen LogP contribution >= 0.6 is 0 Å². The molecule has 1 aromatic heterocycles. The summed E-state index contributed by atoms with van der Waals surface area (Å²) in [6.07, 6.45) is 5.40. The maximum Gasteiger partial charge on any atom is 0.182 e. The van der Waals surface area contributed by atoms with Gasteiger partial charge in [-0.15, -0.1) is 0 Å². The highest BCUT2D eigenvalue weighted by Crippen LogP contribution is 2.25. The van der Waals surface area contributed by atoms with Crippen LogP contribution in [0, 0.1) is 22.7 Å². The van der Waals surface area contributed by atoms with Crippen LogP contribution in [0.4, 0.5) is 5.82 Å². The smallest absolute Gasteiger partial charge is 0.182 e. The molecular weight excluding hydrogens is 224 g/mol. The van der Waals surface area contributed by atoms with Crippen molar-refractivity contribution in [2.75, 3.05) is 11.9 Å². The van der Waals surface area contributed by atoms with E-state index >= 15 is 0 Å². The van der Waals surface area contributed by atoms with Gasteiger partial charge < -0.3 is 5.32 Å². The first-order valence-electron chi connectivity index (χ1n) is 6.37. The summed E-state index contributed by atoms with van der Waals surface area (Å²) in [6, 6.07) is 2.04. The number of anilines is 1.